The van der Waals surface area contributed by atoms with Crippen LogP contribution >= 0.6 is 28.1 Å². The van der Waals surface area contributed by atoms with Gasteiger partial charge in [0.05, 0.1) is 11.7 Å². The Morgan fingerprint density at radius 1 is 1.06 bits per heavy atom. The lowest BCUT2D eigenvalue weighted by atomic mass is 10.0. The van der Waals surface area contributed by atoms with E-state index in [1.807, 2.05) is 53.4 Å². The number of rotatable bonds is 4. The van der Waals surface area contributed by atoms with Gasteiger partial charge in [0, 0.05) is 21.9 Å². The SMILES string of the molecule is Cc1ccc(-c2ccc([C@@H]3[C@H](c4ccccn4)NC(=S)N3c3ccc(O)cc3)o2)c(Br)c1. The van der Waals surface area contributed by atoms with Crippen molar-refractivity contribution >= 4 is 38.9 Å². The molecule has 2 atom stereocenters. The van der Waals surface area contributed by atoms with Gasteiger partial charge >= 0.3 is 0 Å². The average Bonchev–Trinajstić information content (AvgIpc) is 3.39. The lowest BCUT2D eigenvalue weighted by Crippen LogP contribution is -2.29. The third-order valence-electron chi connectivity index (χ3n) is 5.53. The highest BCUT2D eigenvalue weighted by molar-refractivity contribution is 9.10. The van der Waals surface area contributed by atoms with E-state index in [1.165, 1.54) is 5.56 Å². The maximum absolute atomic E-state index is 9.75. The quantitative estimate of drug-likeness (QED) is 0.317. The Hall–Kier alpha value is -3.16. The molecule has 5 rings (SSSR count). The van der Waals surface area contributed by atoms with Crippen molar-refractivity contribution in [3.8, 4) is 17.1 Å². The van der Waals surface area contributed by atoms with Gasteiger partial charge in [-0.3, -0.25) is 4.98 Å². The number of hydrogen-bond acceptors (Lipinski definition) is 4. The van der Waals surface area contributed by atoms with Gasteiger partial charge in [-0.1, -0.05) is 28.1 Å². The van der Waals surface area contributed by atoms with E-state index in [0.29, 0.717) is 5.11 Å². The topological polar surface area (TPSA) is 61.5 Å². The molecule has 2 aromatic heterocycles. The summed E-state index contributed by atoms with van der Waals surface area (Å²) >= 11 is 9.37. The first kappa shape index (κ1) is 20.7. The Labute approximate surface area is 199 Å². The van der Waals surface area contributed by atoms with Crippen LogP contribution in [0.15, 0.2) is 87.9 Å². The molecule has 0 radical (unpaired) electrons. The number of phenolic OH excluding ortho intramolecular Hbond substituents is 1. The standard InChI is InChI=1S/C25H20BrN3O2S/c1-15-5-10-18(19(26)14-15)21-11-12-22(31-21)24-23(20-4-2-3-13-27-20)28-25(32)29(24)16-6-8-17(30)9-7-16/h2-14,23-24,30H,1H3,(H,28,32)/t23-,24+/m0/s1. The number of hydrogen-bond donors (Lipinski definition) is 2. The maximum atomic E-state index is 9.75. The van der Waals surface area contributed by atoms with Crippen LogP contribution < -0.4 is 10.2 Å². The number of pyridine rings is 1. The summed E-state index contributed by atoms with van der Waals surface area (Å²) in [6.07, 6.45) is 1.78. The third-order valence-corrected chi connectivity index (χ3v) is 6.50. The van der Waals surface area contributed by atoms with Gasteiger partial charge in [0.15, 0.2) is 5.11 Å². The molecule has 32 heavy (non-hydrogen) atoms. The molecular weight excluding hydrogens is 486 g/mol. The normalized spacial score (nSPS) is 18.1. The van der Waals surface area contributed by atoms with Crippen molar-refractivity contribution in [2.75, 3.05) is 4.90 Å². The summed E-state index contributed by atoms with van der Waals surface area (Å²) in [5, 5.41) is 13.7. The van der Waals surface area contributed by atoms with Gasteiger partial charge in [-0.05, 0) is 85.4 Å². The van der Waals surface area contributed by atoms with E-state index >= 15 is 0 Å². The van der Waals surface area contributed by atoms with Gasteiger partial charge in [-0.25, -0.2) is 0 Å². The molecule has 0 amide bonds. The largest absolute Gasteiger partial charge is 0.508 e. The molecule has 1 fully saturated rings. The Kier molecular flexibility index (Phi) is 5.45. The second kappa shape index (κ2) is 8.41. The number of nitrogens with zero attached hydrogens (tertiary/aromatic N) is 2. The van der Waals surface area contributed by atoms with Crippen LogP contribution in [0.4, 0.5) is 5.69 Å². The highest BCUT2D eigenvalue weighted by Crippen LogP contribution is 2.43. The number of nitrogens with one attached hydrogen (secondary N) is 1. The molecular formula is C25H20BrN3O2S. The van der Waals surface area contributed by atoms with Gasteiger partial charge < -0.3 is 19.7 Å². The number of aromatic hydroxyl groups is 1. The fraction of sp³-hybridized carbons (Fsp3) is 0.120. The molecule has 0 saturated carbocycles. The Morgan fingerprint density at radius 3 is 2.59 bits per heavy atom. The number of halogens is 1. The summed E-state index contributed by atoms with van der Waals surface area (Å²) < 4.78 is 7.38. The Morgan fingerprint density at radius 2 is 1.88 bits per heavy atom. The predicted molar refractivity (Wildman–Crippen MR) is 133 cm³/mol. The number of aromatic nitrogens is 1. The number of anilines is 1. The summed E-state index contributed by atoms with van der Waals surface area (Å²) in [4.78, 5) is 6.58. The smallest absolute Gasteiger partial charge is 0.174 e. The van der Waals surface area contributed by atoms with Crippen molar-refractivity contribution in [2.45, 2.75) is 19.0 Å². The molecule has 4 aromatic rings. The molecule has 0 unspecified atom stereocenters. The summed E-state index contributed by atoms with van der Waals surface area (Å²) in [5.74, 6) is 1.74. The van der Waals surface area contributed by atoms with Gasteiger partial charge in [-0.15, -0.1) is 0 Å². The minimum absolute atomic E-state index is 0.196. The summed E-state index contributed by atoms with van der Waals surface area (Å²) in [6.45, 7) is 2.06. The second-order valence-electron chi connectivity index (χ2n) is 7.70. The molecule has 160 valence electrons. The zero-order valence-corrected chi connectivity index (χ0v) is 19.6. The van der Waals surface area contributed by atoms with Gasteiger partial charge in [-0.2, -0.15) is 0 Å². The van der Waals surface area contributed by atoms with E-state index in [4.69, 9.17) is 16.6 Å². The van der Waals surface area contributed by atoms with Crippen LogP contribution in [0.5, 0.6) is 5.75 Å². The molecule has 1 aliphatic heterocycles. The van der Waals surface area contributed by atoms with Crippen molar-refractivity contribution in [3.63, 3.8) is 0 Å². The van der Waals surface area contributed by atoms with Crippen LogP contribution in [0, 0.1) is 6.92 Å². The van der Waals surface area contributed by atoms with Crippen molar-refractivity contribution in [2.24, 2.45) is 0 Å². The molecule has 7 heteroatoms. The molecule has 5 nitrogen and oxygen atoms in total. The third kappa shape index (κ3) is 3.78. The van der Waals surface area contributed by atoms with E-state index in [1.54, 1.807) is 18.3 Å². The highest BCUT2D eigenvalue weighted by Gasteiger charge is 2.42. The molecule has 1 aliphatic rings. The van der Waals surface area contributed by atoms with E-state index in [9.17, 15) is 5.11 Å². The molecule has 0 spiro atoms. The van der Waals surface area contributed by atoms with Gasteiger partial charge in [0.2, 0.25) is 0 Å². The average molecular weight is 506 g/mol. The highest BCUT2D eigenvalue weighted by atomic mass is 79.9. The van der Waals surface area contributed by atoms with Crippen LogP contribution in [0.1, 0.15) is 29.1 Å². The number of phenols is 1. The van der Waals surface area contributed by atoms with Crippen molar-refractivity contribution in [1.82, 2.24) is 10.3 Å². The van der Waals surface area contributed by atoms with Crippen molar-refractivity contribution < 1.29 is 9.52 Å². The molecule has 0 bridgehead atoms. The monoisotopic (exact) mass is 505 g/mol. The molecule has 1 saturated heterocycles. The first-order valence-electron chi connectivity index (χ1n) is 10.2. The fourth-order valence-electron chi connectivity index (χ4n) is 4.01. The second-order valence-corrected chi connectivity index (χ2v) is 8.94. The molecule has 0 aliphatic carbocycles. The van der Waals surface area contributed by atoms with Crippen LogP contribution in [0.2, 0.25) is 0 Å². The van der Waals surface area contributed by atoms with Crippen LogP contribution in [0.3, 0.4) is 0 Å². The summed E-state index contributed by atoms with van der Waals surface area (Å²) in [5.41, 5.74) is 3.89. The van der Waals surface area contributed by atoms with E-state index in [-0.39, 0.29) is 17.8 Å². The first-order valence-corrected chi connectivity index (χ1v) is 11.4. The van der Waals surface area contributed by atoms with Crippen molar-refractivity contribution in [3.05, 3.63) is 100 Å². The zero-order valence-electron chi connectivity index (χ0n) is 17.2. The van der Waals surface area contributed by atoms with Gasteiger partial charge in [0.25, 0.3) is 0 Å². The predicted octanol–water partition coefficient (Wildman–Crippen LogP) is 6.30. The fourth-order valence-corrected chi connectivity index (χ4v) is 5.05. The van der Waals surface area contributed by atoms with E-state index < -0.39 is 0 Å². The number of benzene rings is 2. The first-order chi connectivity index (χ1) is 15.5. The Bertz CT molecular complexity index is 1270. The number of aryl methyl sites for hydroxylation is 1. The van der Waals surface area contributed by atoms with E-state index in [2.05, 4.69) is 45.3 Å². The molecule has 2 N–H and O–H groups in total. The minimum atomic E-state index is -0.250. The Balaban J connectivity index is 1.60. The number of thiocarbonyl (C=S) groups is 1. The summed E-state index contributed by atoms with van der Waals surface area (Å²) in [6, 6.07) is 22.5. The summed E-state index contributed by atoms with van der Waals surface area (Å²) in [7, 11) is 0. The number of furan rings is 1. The van der Waals surface area contributed by atoms with Crippen LogP contribution in [-0.2, 0) is 0 Å². The van der Waals surface area contributed by atoms with Crippen LogP contribution in [-0.4, -0.2) is 15.2 Å². The van der Waals surface area contributed by atoms with Crippen molar-refractivity contribution in [1.29, 1.82) is 0 Å². The van der Waals surface area contributed by atoms with Gasteiger partial charge in [0.1, 0.15) is 23.3 Å². The lowest BCUT2D eigenvalue weighted by molar-refractivity contribution is 0.439. The molecule has 3 heterocycles. The maximum Gasteiger partial charge on any atom is 0.174 e. The van der Waals surface area contributed by atoms with Crippen LogP contribution in [0.25, 0.3) is 11.3 Å². The minimum Gasteiger partial charge on any atom is -0.508 e. The lowest BCUT2D eigenvalue weighted by Gasteiger charge is -2.26. The van der Waals surface area contributed by atoms with E-state index in [0.717, 1.165) is 32.9 Å². The molecule has 2 aromatic carbocycles. The zero-order chi connectivity index (χ0) is 22.2.